The number of fused-ring (bicyclic) bond motifs is 1. The third-order valence-electron chi connectivity index (χ3n) is 7.09. The summed E-state index contributed by atoms with van der Waals surface area (Å²) in [4.78, 5) is 17.4. The molecule has 0 fully saturated rings. The Morgan fingerprint density at radius 1 is 0.833 bits per heavy atom. The molecule has 0 saturated carbocycles. The summed E-state index contributed by atoms with van der Waals surface area (Å²) in [5, 5.41) is 7.37. The Morgan fingerprint density at radius 2 is 1.55 bits per heavy atom. The molecule has 5 rings (SSSR count). The summed E-state index contributed by atoms with van der Waals surface area (Å²) in [5.41, 5.74) is 31.0. The predicted molar refractivity (Wildman–Crippen MR) is 170 cm³/mol. The van der Waals surface area contributed by atoms with E-state index in [1.165, 1.54) is 0 Å². The van der Waals surface area contributed by atoms with Crippen LogP contribution < -0.4 is 42.7 Å². The van der Waals surface area contributed by atoms with Crippen LogP contribution in [0.2, 0.25) is 0 Å². The van der Waals surface area contributed by atoms with Gasteiger partial charge >= 0.3 is 5.95 Å². The highest BCUT2D eigenvalue weighted by atomic mass is 16.1. The van der Waals surface area contributed by atoms with Gasteiger partial charge in [-0.2, -0.15) is 4.57 Å². The molecule has 0 spiro atoms. The molecule has 0 radical (unpaired) electrons. The zero-order valence-corrected chi connectivity index (χ0v) is 23.9. The molecule has 0 unspecified atom stereocenters. The van der Waals surface area contributed by atoms with Crippen molar-refractivity contribution < 1.29 is 13.9 Å². The molecular formula is C32H37N9O+2. The van der Waals surface area contributed by atoms with E-state index in [-0.39, 0.29) is 5.91 Å². The molecular weight excluding hydrogens is 526 g/mol. The molecule has 0 atom stereocenters. The second-order valence-corrected chi connectivity index (χ2v) is 10.2. The zero-order chi connectivity index (χ0) is 29.8. The minimum Gasteiger partial charge on any atom is -0.399 e. The van der Waals surface area contributed by atoms with E-state index in [0.717, 1.165) is 59.3 Å². The van der Waals surface area contributed by atoms with E-state index in [2.05, 4.69) is 40.2 Å². The van der Waals surface area contributed by atoms with Gasteiger partial charge in [0.1, 0.15) is 6.54 Å². The van der Waals surface area contributed by atoms with E-state index < -0.39 is 0 Å². The number of nitrogens with one attached hydrogen (secondary N) is 2. The fourth-order valence-corrected chi connectivity index (χ4v) is 5.01. The smallest absolute Gasteiger partial charge is 0.391 e. The number of nitrogens with two attached hydrogens (primary N) is 4. The molecule has 0 aliphatic rings. The van der Waals surface area contributed by atoms with Crippen molar-refractivity contribution in [3.05, 3.63) is 84.7 Å². The quantitative estimate of drug-likeness (QED) is 0.112. The van der Waals surface area contributed by atoms with Crippen molar-refractivity contribution in [3.8, 4) is 11.1 Å². The van der Waals surface area contributed by atoms with Crippen LogP contribution in [-0.2, 0) is 13.1 Å². The number of hydrogen-bond donors (Lipinski definition) is 6. The van der Waals surface area contributed by atoms with Gasteiger partial charge < -0.3 is 27.8 Å². The topological polar surface area (TPSA) is 166 Å². The molecule has 2 aromatic heterocycles. The van der Waals surface area contributed by atoms with Gasteiger partial charge in [-0.15, -0.1) is 0 Å². The number of carbonyl (C=O) groups is 1. The third-order valence-corrected chi connectivity index (χ3v) is 7.09. The highest BCUT2D eigenvalue weighted by Gasteiger charge is 2.17. The van der Waals surface area contributed by atoms with Gasteiger partial charge in [-0.3, -0.25) is 10.5 Å². The Hall–Kier alpha value is -5.38. The minimum atomic E-state index is -0.306. The van der Waals surface area contributed by atoms with E-state index >= 15 is 0 Å². The lowest BCUT2D eigenvalue weighted by atomic mass is 10.1. The highest BCUT2D eigenvalue weighted by Crippen LogP contribution is 2.29. The first kappa shape index (κ1) is 28.2. The average molecular weight is 564 g/mol. The number of benzene rings is 3. The molecule has 10 heteroatoms. The zero-order valence-electron chi connectivity index (χ0n) is 23.9. The molecule has 2 heterocycles. The minimum absolute atomic E-state index is 0.306. The van der Waals surface area contributed by atoms with Crippen molar-refractivity contribution in [2.45, 2.75) is 39.8 Å². The molecule has 0 saturated heterocycles. The number of carbonyl (C=O) groups excluding carboxylic acids is 1. The Morgan fingerprint density at radius 3 is 2.26 bits per heavy atom. The Balaban J connectivity index is 1.32. The first-order valence-corrected chi connectivity index (χ1v) is 14.0. The van der Waals surface area contributed by atoms with Crippen molar-refractivity contribution in [2.75, 3.05) is 33.6 Å². The predicted octanol–water partition coefficient (Wildman–Crippen LogP) is 4.62. The molecule has 1 amide bonds. The maximum absolute atomic E-state index is 13.1. The lowest BCUT2D eigenvalue weighted by Gasteiger charge is -2.13. The van der Waals surface area contributed by atoms with Crippen molar-refractivity contribution in [3.63, 3.8) is 0 Å². The number of hydrogen-bond acceptors (Lipinski definition) is 7. The summed E-state index contributed by atoms with van der Waals surface area (Å²) in [6.45, 7) is 5.87. The van der Waals surface area contributed by atoms with Crippen LogP contribution in [0, 0.1) is 0 Å². The fourth-order valence-electron chi connectivity index (χ4n) is 5.01. The molecule has 3 aromatic carbocycles. The highest BCUT2D eigenvalue weighted by molar-refractivity contribution is 6.08. The number of amides is 1. The number of aromatic nitrogens is 3. The van der Waals surface area contributed by atoms with E-state index in [9.17, 15) is 4.79 Å². The van der Waals surface area contributed by atoms with Crippen LogP contribution in [0.4, 0.5) is 40.2 Å². The number of rotatable bonds is 9. The largest absolute Gasteiger partial charge is 0.399 e. The van der Waals surface area contributed by atoms with Gasteiger partial charge in [0.05, 0.1) is 34.9 Å². The van der Waals surface area contributed by atoms with Gasteiger partial charge in [0.2, 0.25) is 11.3 Å². The molecule has 0 aliphatic carbocycles. The number of aryl methyl sites for hydroxylation is 2. The van der Waals surface area contributed by atoms with Crippen LogP contribution in [-0.4, -0.2) is 10.9 Å². The lowest BCUT2D eigenvalue weighted by Crippen LogP contribution is -2.38. The van der Waals surface area contributed by atoms with Crippen molar-refractivity contribution in [1.29, 1.82) is 0 Å². The second kappa shape index (κ2) is 12.0. The number of anilines is 7. The third kappa shape index (κ3) is 5.87. The summed E-state index contributed by atoms with van der Waals surface area (Å²) >= 11 is 0. The second-order valence-electron chi connectivity index (χ2n) is 10.2. The molecule has 10 N–H and O–H groups in total. The van der Waals surface area contributed by atoms with Crippen LogP contribution in [0.15, 0.2) is 79.1 Å². The van der Waals surface area contributed by atoms with E-state index in [0.29, 0.717) is 34.4 Å². The SMILES string of the molecule is CCC[n+]1cc(-c2ccc(NC(=O)c3ccc(Nc4cc[n+](CCC)c5ccc(N)cc45)cc3N)cc2)c(N)nc1N. The van der Waals surface area contributed by atoms with Gasteiger partial charge in [0.25, 0.3) is 5.91 Å². The van der Waals surface area contributed by atoms with Crippen LogP contribution >= 0.6 is 0 Å². The molecule has 214 valence electrons. The van der Waals surface area contributed by atoms with Gasteiger partial charge in [0, 0.05) is 41.3 Å². The molecule has 0 bridgehead atoms. The molecule has 0 aliphatic heterocycles. The number of pyridine rings is 1. The summed E-state index contributed by atoms with van der Waals surface area (Å²) < 4.78 is 4.08. The summed E-state index contributed by atoms with van der Waals surface area (Å²) in [5.74, 6) is 0.424. The average Bonchev–Trinajstić information content (AvgIpc) is 2.96. The van der Waals surface area contributed by atoms with Crippen LogP contribution in [0.25, 0.3) is 22.0 Å². The monoisotopic (exact) mass is 563 g/mol. The lowest BCUT2D eigenvalue weighted by molar-refractivity contribution is -0.684. The first-order chi connectivity index (χ1) is 20.3. The Bertz CT molecular complexity index is 1770. The van der Waals surface area contributed by atoms with Crippen molar-refractivity contribution >= 4 is 57.0 Å². The number of nitrogen functional groups attached to an aromatic ring is 4. The molecule has 10 nitrogen and oxygen atoms in total. The van der Waals surface area contributed by atoms with Gasteiger partial charge in [-0.1, -0.05) is 31.0 Å². The van der Waals surface area contributed by atoms with Crippen LogP contribution in [0.3, 0.4) is 0 Å². The molecule has 42 heavy (non-hydrogen) atoms. The van der Waals surface area contributed by atoms with Crippen molar-refractivity contribution in [2.24, 2.45) is 0 Å². The van der Waals surface area contributed by atoms with Crippen molar-refractivity contribution in [1.82, 2.24) is 4.98 Å². The molecule has 5 aromatic rings. The van der Waals surface area contributed by atoms with Crippen LogP contribution in [0.5, 0.6) is 0 Å². The van der Waals surface area contributed by atoms with Crippen LogP contribution in [0.1, 0.15) is 37.0 Å². The summed E-state index contributed by atoms with van der Waals surface area (Å²) in [6.07, 6.45) is 5.90. The van der Waals surface area contributed by atoms with E-state index in [4.69, 9.17) is 22.9 Å². The van der Waals surface area contributed by atoms with Gasteiger partial charge in [-0.05, 0) is 54.4 Å². The van der Waals surface area contributed by atoms with E-state index in [1.807, 2.05) is 65.4 Å². The fraction of sp³-hybridized carbons (Fsp3) is 0.188. The maximum atomic E-state index is 13.1. The standard InChI is InChI=1S/C32H35N9O/c1-3-14-40-16-13-28(25-17-21(33)7-12-29(25)40)37-23-10-11-24(27(34)18-23)31(42)38-22-8-5-20(6-9-22)26-19-41(15-4-2)32(36)39-30(26)35/h5-13,16-19H,3-4,14-15,33H2,1-2H3,(H6,34,35,36,38,39,42)/p+2. The summed E-state index contributed by atoms with van der Waals surface area (Å²) in [6, 6.07) is 20.6. The van der Waals surface area contributed by atoms with Gasteiger partial charge in [0.15, 0.2) is 6.20 Å². The van der Waals surface area contributed by atoms with E-state index in [1.54, 1.807) is 12.1 Å². The Labute approximate surface area is 245 Å². The number of nitrogens with zero attached hydrogens (tertiary/aromatic N) is 3. The normalized spacial score (nSPS) is 11.0. The van der Waals surface area contributed by atoms with Gasteiger partial charge in [-0.25, -0.2) is 4.57 Å². The maximum Gasteiger partial charge on any atom is 0.391 e. The Kier molecular flexibility index (Phi) is 8.05. The first-order valence-electron chi connectivity index (χ1n) is 14.0. The summed E-state index contributed by atoms with van der Waals surface area (Å²) in [7, 11) is 0.